The first kappa shape index (κ1) is 20.5. The number of aliphatic hydroxyl groups is 1. The van der Waals surface area contributed by atoms with Gasteiger partial charge in [-0.25, -0.2) is 4.79 Å². The summed E-state index contributed by atoms with van der Waals surface area (Å²) in [5.74, 6) is -4.26. The van der Waals surface area contributed by atoms with Gasteiger partial charge in [-0.15, -0.1) is 0 Å². The van der Waals surface area contributed by atoms with Crippen molar-refractivity contribution in [2.45, 2.75) is 44.8 Å². The van der Waals surface area contributed by atoms with Crippen molar-refractivity contribution in [1.82, 2.24) is 4.98 Å². The fourth-order valence-corrected chi connectivity index (χ4v) is 1.39. The molecule has 0 aliphatic rings. The Morgan fingerprint density at radius 3 is 1.78 bits per heavy atom. The van der Waals surface area contributed by atoms with Gasteiger partial charge in [-0.05, 0) is 32.9 Å². The van der Waals surface area contributed by atoms with E-state index in [-0.39, 0.29) is 0 Å². The lowest BCUT2D eigenvalue weighted by atomic mass is 9.96. The second kappa shape index (κ2) is 8.84. The van der Waals surface area contributed by atoms with Crippen LogP contribution in [0.2, 0.25) is 0 Å². The second-order valence-electron chi connectivity index (χ2n) is 5.70. The Hall–Kier alpha value is -2.48. The van der Waals surface area contributed by atoms with Gasteiger partial charge in [-0.3, -0.25) is 14.6 Å². The number of hydrogen-bond acceptors (Lipinski definition) is 6. The quantitative estimate of drug-likeness (QED) is 0.684. The van der Waals surface area contributed by atoms with E-state index in [2.05, 4.69) is 4.98 Å². The zero-order valence-electron chi connectivity index (χ0n) is 13.2. The summed E-state index contributed by atoms with van der Waals surface area (Å²) in [6, 6.07) is 5.72. The molecule has 0 aromatic carbocycles. The molecule has 0 bridgehead atoms. The van der Waals surface area contributed by atoms with Crippen LogP contribution in [0, 0.1) is 0 Å². The molecular formula is C15H21NO7. The van der Waals surface area contributed by atoms with Crippen molar-refractivity contribution in [3.63, 3.8) is 0 Å². The molecule has 1 rings (SSSR count). The van der Waals surface area contributed by atoms with Crippen LogP contribution in [-0.4, -0.2) is 49.4 Å². The molecule has 23 heavy (non-hydrogen) atoms. The molecule has 3 N–H and O–H groups in total. The van der Waals surface area contributed by atoms with E-state index in [1.807, 2.05) is 18.2 Å². The summed E-state index contributed by atoms with van der Waals surface area (Å²) in [5, 5.41) is 26.7. The highest BCUT2D eigenvalue weighted by atomic mass is 16.6. The summed E-state index contributed by atoms with van der Waals surface area (Å²) in [7, 11) is 0. The van der Waals surface area contributed by atoms with E-state index in [1.165, 1.54) is 0 Å². The Balaban J connectivity index is 0.000000664. The Morgan fingerprint density at radius 1 is 1.00 bits per heavy atom. The van der Waals surface area contributed by atoms with E-state index < -0.39 is 42.0 Å². The number of carbonyl (C=O) groups excluding carboxylic acids is 1. The van der Waals surface area contributed by atoms with Gasteiger partial charge in [0.05, 0.1) is 12.8 Å². The van der Waals surface area contributed by atoms with Crippen LogP contribution < -0.4 is 0 Å². The topological polar surface area (TPSA) is 134 Å². The summed E-state index contributed by atoms with van der Waals surface area (Å²) in [6.45, 7) is 4.71. The van der Waals surface area contributed by atoms with Gasteiger partial charge in [0.15, 0.2) is 5.60 Å². The maximum atomic E-state index is 11.3. The third kappa shape index (κ3) is 9.97. The van der Waals surface area contributed by atoms with Gasteiger partial charge < -0.3 is 20.1 Å². The largest absolute Gasteiger partial charge is 0.481 e. The van der Waals surface area contributed by atoms with Crippen molar-refractivity contribution in [2.24, 2.45) is 0 Å². The van der Waals surface area contributed by atoms with Gasteiger partial charge in [0.25, 0.3) is 0 Å². The van der Waals surface area contributed by atoms with Gasteiger partial charge in [-0.1, -0.05) is 6.07 Å². The first-order valence-corrected chi connectivity index (χ1v) is 6.71. The predicted molar refractivity (Wildman–Crippen MR) is 79.5 cm³/mol. The number of ether oxygens (including phenoxy) is 1. The van der Waals surface area contributed by atoms with Crippen molar-refractivity contribution in [3.8, 4) is 0 Å². The maximum Gasteiger partial charge on any atom is 0.336 e. The minimum absolute atomic E-state index is 0.834. The fraction of sp³-hybridized carbons (Fsp3) is 0.467. The average Bonchev–Trinajstić information content (AvgIpc) is 2.37. The SMILES string of the molecule is CC(C)(C)OC(=O)CC(O)(CC(=O)O)C(=O)O.c1ccncc1. The van der Waals surface area contributed by atoms with E-state index in [0.717, 1.165) is 0 Å². The lowest BCUT2D eigenvalue weighted by molar-refractivity contribution is -0.175. The molecule has 1 aromatic heterocycles. The average molecular weight is 327 g/mol. The smallest absolute Gasteiger partial charge is 0.336 e. The number of carboxylic acids is 2. The van der Waals surface area contributed by atoms with Crippen LogP contribution >= 0.6 is 0 Å². The number of pyridine rings is 1. The lowest BCUT2D eigenvalue weighted by Gasteiger charge is -2.24. The van der Waals surface area contributed by atoms with E-state index in [9.17, 15) is 19.5 Å². The molecule has 0 radical (unpaired) electrons. The van der Waals surface area contributed by atoms with Gasteiger partial charge in [-0.2, -0.15) is 0 Å². The second-order valence-corrected chi connectivity index (χ2v) is 5.70. The number of esters is 1. The molecule has 0 fully saturated rings. The van der Waals surface area contributed by atoms with Crippen molar-refractivity contribution in [3.05, 3.63) is 30.6 Å². The number of carboxylic acid groups (broad SMARTS) is 2. The number of aromatic nitrogens is 1. The van der Waals surface area contributed by atoms with Crippen molar-refractivity contribution in [2.75, 3.05) is 0 Å². The molecule has 0 aliphatic carbocycles. The molecule has 8 heteroatoms. The summed E-state index contributed by atoms with van der Waals surface area (Å²) >= 11 is 0. The molecule has 0 aliphatic heterocycles. The first-order chi connectivity index (χ1) is 10.5. The van der Waals surface area contributed by atoms with Gasteiger partial charge in [0, 0.05) is 12.4 Å². The van der Waals surface area contributed by atoms with Crippen LogP contribution in [0.25, 0.3) is 0 Å². The minimum Gasteiger partial charge on any atom is -0.481 e. The molecule has 128 valence electrons. The normalized spacial score (nSPS) is 13.0. The zero-order valence-corrected chi connectivity index (χ0v) is 13.2. The van der Waals surface area contributed by atoms with Crippen LogP contribution in [0.15, 0.2) is 30.6 Å². The monoisotopic (exact) mass is 327 g/mol. The van der Waals surface area contributed by atoms with E-state index >= 15 is 0 Å². The number of rotatable bonds is 5. The highest BCUT2D eigenvalue weighted by Gasteiger charge is 2.42. The number of carbonyl (C=O) groups is 3. The van der Waals surface area contributed by atoms with Gasteiger partial charge >= 0.3 is 17.9 Å². The molecule has 1 heterocycles. The minimum atomic E-state index is -2.64. The molecule has 0 saturated heterocycles. The summed E-state index contributed by atoms with van der Waals surface area (Å²) in [5.41, 5.74) is -3.48. The molecular weight excluding hydrogens is 306 g/mol. The fourth-order valence-electron chi connectivity index (χ4n) is 1.39. The van der Waals surface area contributed by atoms with E-state index in [1.54, 1.807) is 33.2 Å². The van der Waals surface area contributed by atoms with Crippen LogP contribution in [0.4, 0.5) is 0 Å². The van der Waals surface area contributed by atoms with Crippen LogP contribution in [0.5, 0.6) is 0 Å². The Kier molecular flexibility index (Phi) is 7.89. The van der Waals surface area contributed by atoms with E-state index in [4.69, 9.17) is 14.9 Å². The number of aliphatic carboxylic acids is 2. The lowest BCUT2D eigenvalue weighted by Crippen LogP contribution is -2.44. The molecule has 1 atom stereocenters. The van der Waals surface area contributed by atoms with Crippen LogP contribution in [0.1, 0.15) is 33.6 Å². The molecule has 1 aromatic rings. The third-order valence-electron chi connectivity index (χ3n) is 2.27. The van der Waals surface area contributed by atoms with Gasteiger partial charge in [0.2, 0.25) is 0 Å². The van der Waals surface area contributed by atoms with Crippen molar-refractivity contribution in [1.29, 1.82) is 0 Å². The number of nitrogens with zero attached hydrogens (tertiary/aromatic N) is 1. The van der Waals surface area contributed by atoms with Gasteiger partial charge in [0.1, 0.15) is 5.60 Å². The first-order valence-electron chi connectivity index (χ1n) is 6.71. The predicted octanol–water partition coefficient (Wildman–Crippen LogP) is 1.09. The third-order valence-corrected chi connectivity index (χ3v) is 2.27. The summed E-state index contributed by atoms with van der Waals surface area (Å²) in [6.07, 6.45) is 1.52. The Labute approximate surface area is 133 Å². The summed E-state index contributed by atoms with van der Waals surface area (Å²) in [4.78, 5) is 36.3. The number of hydrogen-bond donors (Lipinski definition) is 3. The van der Waals surface area contributed by atoms with Crippen molar-refractivity contribution >= 4 is 17.9 Å². The highest BCUT2D eigenvalue weighted by Crippen LogP contribution is 2.19. The van der Waals surface area contributed by atoms with Crippen LogP contribution in [-0.2, 0) is 19.1 Å². The standard InChI is InChI=1S/C10H16O7.C5H5N/c1-9(2,3)17-7(13)5-10(16,8(14)15)4-6(11)12;1-2-4-6-5-3-1/h16H,4-5H2,1-3H3,(H,11,12)(H,14,15);1-5H. The highest BCUT2D eigenvalue weighted by molar-refractivity contribution is 5.88. The summed E-state index contributed by atoms with van der Waals surface area (Å²) < 4.78 is 4.81. The molecule has 8 nitrogen and oxygen atoms in total. The molecule has 1 unspecified atom stereocenters. The van der Waals surface area contributed by atoms with Crippen LogP contribution in [0.3, 0.4) is 0 Å². The Bertz CT molecular complexity index is 498. The maximum absolute atomic E-state index is 11.3. The van der Waals surface area contributed by atoms with Crippen molar-refractivity contribution < 1.29 is 34.4 Å². The Morgan fingerprint density at radius 2 is 1.52 bits per heavy atom. The molecule has 0 spiro atoms. The van der Waals surface area contributed by atoms with E-state index in [0.29, 0.717) is 0 Å². The molecule has 0 saturated carbocycles. The zero-order chi connectivity index (χ0) is 18.1. The molecule has 0 amide bonds.